The highest BCUT2D eigenvalue weighted by Gasteiger charge is 2.39. The SMILES string of the molecule is CC1CCC(N2CCC(c3nccc(N4C5CCC4CN(C)C5)n3)CC2)CC1. The number of hydrogen-bond acceptors (Lipinski definition) is 5. The molecule has 154 valence electrons. The van der Waals surface area contributed by atoms with Gasteiger partial charge in [-0.2, -0.15) is 0 Å². The fraction of sp³-hybridized carbons (Fsp3) is 0.826. The van der Waals surface area contributed by atoms with Crippen LogP contribution >= 0.6 is 0 Å². The van der Waals surface area contributed by atoms with E-state index in [0.29, 0.717) is 18.0 Å². The minimum absolute atomic E-state index is 0.545. The van der Waals surface area contributed by atoms with Gasteiger partial charge < -0.3 is 14.7 Å². The van der Waals surface area contributed by atoms with Crippen LogP contribution in [0, 0.1) is 5.92 Å². The molecule has 1 aliphatic carbocycles. The molecule has 3 saturated heterocycles. The van der Waals surface area contributed by atoms with Crippen molar-refractivity contribution in [2.45, 2.75) is 82.3 Å². The van der Waals surface area contributed by atoms with Gasteiger partial charge in [-0.1, -0.05) is 6.92 Å². The largest absolute Gasteiger partial charge is 0.348 e. The van der Waals surface area contributed by atoms with Gasteiger partial charge in [0.1, 0.15) is 11.6 Å². The van der Waals surface area contributed by atoms with Crippen LogP contribution in [-0.2, 0) is 0 Å². The van der Waals surface area contributed by atoms with Crippen molar-refractivity contribution in [2.24, 2.45) is 5.92 Å². The second-order valence-corrected chi connectivity index (χ2v) is 10.0. The Morgan fingerprint density at radius 3 is 2.18 bits per heavy atom. The van der Waals surface area contributed by atoms with Crippen LogP contribution in [0.4, 0.5) is 5.82 Å². The predicted molar refractivity (Wildman–Crippen MR) is 114 cm³/mol. The molecule has 28 heavy (non-hydrogen) atoms. The summed E-state index contributed by atoms with van der Waals surface area (Å²) >= 11 is 0. The Kier molecular flexibility index (Phi) is 5.31. The van der Waals surface area contributed by atoms with Crippen LogP contribution < -0.4 is 4.90 Å². The zero-order valence-electron chi connectivity index (χ0n) is 17.8. The van der Waals surface area contributed by atoms with E-state index in [1.807, 2.05) is 6.20 Å². The van der Waals surface area contributed by atoms with Gasteiger partial charge in [0, 0.05) is 43.3 Å². The molecule has 2 bridgehead atoms. The van der Waals surface area contributed by atoms with Crippen molar-refractivity contribution in [1.29, 1.82) is 0 Å². The molecule has 2 atom stereocenters. The molecule has 0 spiro atoms. The molecule has 5 nitrogen and oxygen atoms in total. The predicted octanol–water partition coefficient (Wildman–Crippen LogP) is 3.52. The number of likely N-dealkylation sites (tertiary alicyclic amines) is 2. The van der Waals surface area contributed by atoms with Crippen molar-refractivity contribution >= 4 is 5.82 Å². The molecule has 3 aliphatic heterocycles. The Morgan fingerprint density at radius 2 is 1.50 bits per heavy atom. The van der Waals surface area contributed by atoms with Crippen LogP contribution in [0.1, 0.15) is 70.0 Å². The summed E-state index contributed by atoms with van der Waals surface area (Å²) in [4.78, 5) is 17.7. The maximum atomic E-state index is 5.11. The van der Waals surface area contributed by atoms with Crippen molar-refractivity contribution in [3.05, 3.63) is 18.1 Å². The number of piperazine rings is 1. The summed E-state index contributed by atoms with van der Waals surface area (Å²) in [5.74, 6) is 3.78. The summed E-state index contributed by atoms with van der Waals surface area (Å²) in [6.07, 6.45) is 12.8. The normalized spacial score (nSPS) is 35.4. The summed E-state index contributed by atoms with van der Waals surface area (Å²) in [5, 5.41) is 0. The van der Waals surface area contributed by atoms with Gasteiger partial charge in [0.05, 0.1) is 0 Å². The summed E-state index contributed by atoms with van der Waals surface area (Å²) in [5.41, 5.74) is 0. The first-order valence-electron chi connectivity index (χ1n) is 11.7. The Bertz CT molecular complexity index is 649. The summed E-state index contributed by atoms with van der Waals surface area (Å²) < 4.78 is 0. The van der Waals surface area contributed by atoms with Gasteiger partial charge >= 0.3 is 0 Å². The molecule has 2 unspecified atom stereocenters. The highest BCUT2D eigenvalue weighted by atomic mass is 15.3. The highest BCUT2D eigenvalue weighted by Crippen LogP contribution is 2.35. The zero-order valence-corrected chi connectivity index (χ0v) is 17.8. The van der Waals surface area contributed by atoms with E-state index in [0.717, 1.165) is 17.8 Å². The number of fused-ring (bicyclic) bond motifs is 2. The standard InChI is InChI=1S/C23H37N5/c1-17-3-5-19(6-4-17)27-13-10-18(11-14-27)23-24-12-9-22(25-23)28-20-7-8-21(28)16-26(2)15-20/h9,12,17-21H,3-8,10-11,13-16H2,1-2H3. The maximum Gasteiger partial charge on any atom is 0.133 e. The lowest BCUT2D eigenvalue weighted by Crippen LogP contribution is -2.52. The first kappa shape index (κ1) is 18.8. The summed E-state index contributed by atoms with van der Waals surface area (Å²) in [7, 11) is 2.26. The van der Waals surface area contributed by atoms with Crippen LogP contribution in [-0.4, -0.2) is 71.1 Å². The van der Waals surface area contributed by atoms with Crippen molar-refractivity contribution < 1.29 is 0 Å². The van der Waals surface area contributed by atoms with E-state index >= 15 is 0 Å². The van der Waals surface area contributed by atoms with Gasteiger partial charge in [-0.3, -0.25) is 0 Å². The third kappa shape index (κ3) is 3.68. The lowest BCUT2D eigenvalue weighted by atomic mass is 9.85. The number of hydrogen-bond donors (Lipinski definition) is 0. The van der Waals surface area contributed by atoms with E-state index in [1.54, 1.807) is 0 Å². The van der Waals surface area contributed by atoms with Gasteiger partial charge in [-0.05, 0) is 83.5 Å². The molecule has 0 N–H and O–H groups in total. The van der Waals surface area contributed by atoms with Crippen molar-refractivity contribution in [2.75, 3.05) is 38.1 Å². The molecule has 5 heteroatoms. The molecule has 0 radical (unpaired) electrons. The van der Waals surface area contributed by atoms with E-state index in [4.69, 9.17) is 9.97 Å². The third-order valence-corrected chi connectivity index (χ3v) is 7.99. The fourth-order valence-corrected chi connectivity index (χ4v) is 6.32. The van der Waals surface area contributed by atoms with Crippen LogP contribution in [0.25, 0.3) is 0 Å². The molecule has 0 amide bonds. The van der Waals surface area contributed by atoms with E-state index in [2.05, 4.69) is 34.7 Å². The van der Waals surface area contributed by atoms with Crippen LogP contribution in [0.3, 0.4) is 0 Å². The van der Waals surface area contributed by atoms with Crippen molar-refractivity contribution in [3.63, 3.8) is 0 Å². The van der Waals surface area contributed by atoms with Crippen molar-refractivity contribution in [1.82, 2.24) is 19.8 Å². The summed E-state index contributed by atoms with van der Waals surface area (Å²) in [6.45, 7) is 7.23. The van der Waals surface area contributed by atoms with Gasteiger partial charge in [-0.15, -0.1) is 0 Å². The molecule has 4 fully saturated rings. The van der Waals surface area contributed by atoms with E-state index in [9.17, 15) is 0 Å². The Balaban J connectivity index is 1.23. The number of aromatic nitrogens is 2. The Morgan fingerprint density at radius 1 is 0.857 bits per heavy atom. The molecule has 0 aromatic carbocycles. The summed E-state index contributed by atoms with van der Waals surface area (Å²) in [6, 6.07) is 4.27. The lowest BCUT2D eigenvalue weighted by Gasteiger charge is -2.41. The van der Waals surface area contributed by atoms with Gasteiger partial charge in [0.2, 0.25) is 0 Å². The molecule has 1 aromatic heterocycles. The van der Waals surface area contributed by atoms with Crippen molar-refractivity contribution in [3.8, 4) is 0 Å². The minimum atomic E-state index is 0.545. The topological polar surface area (TPSA) is 35.5 Å². The number of nitrogens with zero attached hydrogens (tertiary/aromatic N) is 5. The molecule has 1 saturated carbocycles. The minimum Gasteiger partial charge on any atom is -0.348 e. The lowest BCUT2D eigenvalue weighted by molar-refractivity contribution is 0.109. The highest BCUT2D eigenvalue weighted by molar-refractivity contribution is 5.44. The van der Waals surface area contributed by atoms with Crippen LogP contribution in [0.2, 0.25) is 0 Å². The average molecular weight is 384 g/mol. The van der Waals surface area contributed by atoms with Gasteiger partial charge in [0.25, 0.3) is 0 Å². The van der Waals surface area contributed by atoms with Gasteiger partial charge in [0.15, 0.2) is 0 Å². The van der Waals surface area contributed by atoms with E-state index in [-0.39, 0.29) is 0 Å². The smallest absolute Gasteiger partial charge is 0.133 e. The number of piperidine rings is 1. The zero-order chi connectivity index (χ0) is 19.1. The number of likely N-dealkylation sites (N-methyl/N-ethyl adjacent to an activating group) is 1. The van der Waals surface area contributed by atoms with Crippen LogP contribution in [0.5, 0.6) is 0 Å². The monoisotopic (exact) mass is 383 g/mol. The molecule has 5 rings (SSSR count). The number of rotatable bonds is 3. The Hall–Kier alpha value is -1.20. The Labute approximate surface area is 170 Å². The quantitative estimate of drug-likeness (QED) is 0.798. The molecule has 1 aromatic rings. The molecular formula is C23H37N5. The number of anilines is 1. The second kappa shape index (κ2) is 7.91. The van der Waals surface area contributed by atoms with E-state index in [1.165, 1.54) is 83.4 Å². The molecule has 4 aliphatic rings. The first-order chi connectivity index (χ1) is 13.7. The first-order valence-corrected chi connectivity index (χ1v) is 11.7. The fourth-order valence-electron chi connectivity index (χ4n) is 6.32. The second-order valence-electron chi connectivity index (χ2n) is 10.0. The molecule has 4 heterocycles. The van der Waals surface area contributed by atoms with Crippen LogP contribution in [0.15, 0.2) is 12.3 Å². The average Bonchev–Trinajstić information content (AvgIpc) is 3.00. The maximum absolute atomic E-state index is 5.11. The third-order valence-electron chi connectivity index (χ3n) is 7.99. The molecular weight excluding hydrogens is 346 g/mol. The van der Waals surface area contributed by atoms with E-state index < -0.39 is 0 Å². The van der Waals surface area contributed by atoms with Gasteiger partial charge in [-0.25, -0.2) is 9.97 Å².